The molecule has 0 saturated heterocycles. The van der Waals surface area contributed by atoms with Crippen LogP contribution in [-0.2, 0) is 32.6 Å². The Morgan fingerprint density at radius 3 is 2.07 bits per heavy atom. The van der Waals surface area contributed by atoms with Gasteiger partial charge in [0.05, 0.1) is 10.6 Å². The van der Waals surface area contributed by atoms with Crippen molar-refractivity contribution >= 4 is 39.1 Å². The molecular weight excluding hydrogens is 613 g/mol. The van der Waals surface area contributed by atoms with Gasteiger partial charge in [-0.2, -0.15) is 0 Å². The van der Waals surface area contributed by atoms with Crippen LogP contribution in [0.2, 0.25) is 5.02 Å². The Morgan fingerprint density at radius 1 is 0.867 bits per heavy atom. The maximum Gasteiger partial charge on any atom is 0.264 e. The third-order valence-corrected chi connectivity index (χ3v) is 9.11. The lowest BCUT2D eigenvalue weighted by atomic mass is 10.0. The molecule has 236 valence electrons. The van der Waals surface area contributed by atoms with E-state index in [4.69, 9.17) is 11.6 Å². The van der Waals surface area contributed by atoms with Crippen LogP contribution in [0.3, 0.4) is 0 Å². The number of sulfonamides is 1. The van der Waals surface area contributed by atoms with Gasteiger partial charge in [-0.1, -0.05) is 77.8 Å². The number of hydrogen-bond acceptors (Lipinski definition) is 4. The third kappa shape index (κ3) is 8.93. The average molecular weight is 650 g/mol. The number of hydrogen-bond donors (Lipinski definition) is 1. The Hall–Kier alpha value is -4.21. The molecular formula is C35H37ClFN3O4S. The van der Waals surface area contributed by atoms with Crippen LogP contribution < -0.4 is 9.62 Å². The minimum atomic E-state index is -4.27. The molecule has 0 aliphatic carbocycles. The van der Waals surface area contributed by atoms with E-state index in [1.807, 2.05) is 58.0 Å². The summed E-state index contributed by atoms with van der Waals surface area (Å²) in [6.07, 6.45) is 0.122. The highest BCUT2D eigenvalue weighted by Crippen LogP contribution is 2.26. The van der Waals surface area contributed by atoms with E-state index in [2.05, 4.69) is 5.32 Å². The summed E-state index contributed by atoms with van der Waals surface area (Å²) in [5, 5.41) is 3.31. The van der Waals surface area contributed by atoms with Gasteiger partial charge in [0.25, 0.3) is 10.0 Å². The number of halogens is 2. The van der Waals surface area contributed by atoms with Gasteiger partial charge < -0.3 is 10.2 Å². The number of anilines is 1. The molecule has 45 heavy (non-hydrogen) atoms. The molecule has 0 aromatic heterocycles. The normalized spacial score (nSPS) is 12.3. The molecule has 7 nitrogen and oxygen atoms in total. The number of nitrogens with one attached hydrogen (secondary N) is 1. The second-order valence-electron chi connectivity index (χ2n) is 11.9. The second-order valence-corrected chi connectivity index (χ2v) is 14.2. The molecule has 0 radical (unpaired) electrons. The lowest BCUT2D eigenvalue weighted by Crippen LogP contribution is -2.56. The van der Waals surface area contributed by atoms with Crippen molar-refractivity contribution < 1.29 is 22.4 Å². The summed E-state index contributed by atoms with van der Waals surface area (Å²) < 4.78 is 44.1. The number of benzene rings is 4. The van der Waals surface area contributed by atoms with Crippen molar-refractivity contribution in [3.63, 3.8) is 0 Å². The van der Waals surface area contributed by atoms with Crippen molar-refractivity contribution in [3.8, 4) is 0 Å². The van der Waals surface area contributed by atoms with Gasteiger partial charge in [0.15, 0.2) is 0 Å². The molecule has 4 rings (SSSR count). The summed E-state index contributed by atoms with van der Waals surface area (Å²) in [5.74, 6) is -1.67. The zero-order valence-electron chi connectivity index (χ0n) is 25.7. The number of aryl methyl sites for hydroxylation is 1. The molecule has 0 unspecified atom stereocenters. The molecule has 4 aromatic carbocycles. The SMILES string of the molecule is Cc1ccc(N(CC(=O)N(Cc2ccccc2F)[C@@H](Cc2ccccc2)C(=O)NC(C)(C)C)S(=O)(=O)c2ccc(Cl)cc2)cc1. The summed E-state index contributed by atoms with van der Waals surface area (Å²) in [7, 11) is -4.27. The van der Waals surface area contributed by atoms with Gasteiger partial charge in [-0.15, -0.1) is 0 Å². The molecule has 0 spiro atoms. The predicted molar refractivity (Wildman–Crippen MR) is 176 cm³/mol. The Bertz CT molecular complexity index is 1730. The largest absolute Gasteiger partial charge is 0.350 e. The summed E-state index contributed by atoms with van der Waals surface area (Å²) in [5.41, 5.74) is 1.49. The first kappa shape index (κ1) is 33.7. The summed E-state index contributed by atoms with van der Waals surface area (Å²) in [6.45, 7) is 6.44. The van der Waals surface area contributed by atoms with E-state index in [9.17, 15) is 18.0 Å². The van der Waals surface area contributed by atoms with E-state index in [1.54, 1.807) is 36.4 Å². The first-order valence-corrected chi connectivity index (χ1v) is 16.3. The highest BCUT2D eigenvalue weighted by molar-refractivity contribution is 7.92. The van der Waals surface area contributed by atoms with E-state index >= 15 is 4.39 Å². The van der Waals surface area contributed by atoms with Crippen molar-refractivity contribution in [1.82, 2.24) is 10.2 Å². The highest BCUT2D eigenvalue weighted by Gasteiger charge is 2.36. The number of rotatable bonds is 11. The van der Waals surface area contributed by atoms with Crippen LogP contribution in [0.25, 0.3) is 0 Å². The van der Waals surface area contributed by atoms with Gasteiger partial charge in [-0.25, -0.2) is 12.8 Å². The minimum absolute atomic E-state index is 0.0627. The molecule has 0 fully saturated rings. The monoisotopic (exact) mass is 649 g/mol. The quantitative estimate of drug-likeness (QED) is 0.200. The lowest BCUT2D eigenvalue weighted by Gasteiger charge is -2.35. The van der Waals surface area contributed by atoms with Gasteiger partial charge in [-0.05, 0) is 75.7 Å². The smallest absolute Gasteiger partial charge is 0.264 e. The number of nitrogens with zero attached hydrogens (tertiary/aromatic N) is 2. The molecule has 1 N–H and O–H groups in total. The Kier molecular flexibility index (Phi) is 10.7. The Balaban J connectivity index is 1.82. The highest BCUT2D eigenvalue weighted by atomic mass is 35.5. The van der Waals surface area contributed by atoms with Crippen LogP contribution >= 0.6 is 11.6 Å². The topological polar surface area (TPSA) is 86.8 Å². The Labute approximate surface area is 269 Å². The second kappa shape index (κ2) is 14.3. The first-order valence-electron chi connectivity index (χ1n) is 14.5. The van der Waals surface area contributed by atoms with Crippen LogP contribution in [0, 0.1) is 12.7 Å². The van der Waals surface area contributed by atoms with E-state index < -0.39 is 45.8 Å². The zero-order chi connectivity index (χ0) is 32.8. The average Bonchev–Trinajstić information content (AvgIpc) is 2.99. The molecule has 1 atom stereocenters. The van der Waals surface area contributed by atoms with Gasteiger partial charge in [0, 0.05) is 29.1 Å². The predicted octanol–water partition coefficient (Wildman–Crippen LogP) is 6.54. The molecule has 0 bridgehead atoms. The lowest BCUT2D eigenvalue weighted by molar-refractivity contribution is -0.140. The van der Waals surface area contributed by atoms with Crippen LogP contribution in [0.5, 0.6) is 0 Å². The van der Waals surface area contributed by atoms with Crippen molar-refractivity contribution in [3.05, 3.63) is 131 Å². The van der Waals surface area contributed by atoms with Gasteiger partial charge in [0.1, 0.15) is 18.4 Å². The fraction of sp³-hybridized carbons (Fsp3) is 0.257. The van der Waals surface area contributed by atoms with E-state index in [0.717, 1.165) is 15.4 Å². The van der Waals surface area contributed by atoms with Crippen molar-refractivity contribution in [2.45, 2.75) is 57.1 Å². The van der Waals surface area contributed by atoms with E-state index in [1.165, 1.54) is 41.3 Å². The zero-order valence-corrected chi connectivity index (χ0v) is 27.3. The maximum absolute atomic E-state index is 15.0. The van der Waals surface area contributed by atoms with E-state index in [0.29, 0.717) is 5.02 Å². The molecule has 0 aliphatic heterocycles. The van der Waals surface area contributed by atoms with Gasteiger partial charge in [0.2, 0.25) is 11.8 Å². The van der Waals surface area contributed by atoms with E-state index in [-0.39, 0.29) is 29.1 Å². The molecule has 0 aliphatic rings. The standard InChI is InChI=1S/C35H37ClFN3O4S/c1-25-14-18-29(19-15-25)40(45(43,44)30-20-16-28(36)17-21-30)24-33(41)39(23-27-12-8-9-13-31(27)37)32(34(42)38-35(2,3)4)22-26-10-6-5-7-11-26/h5-21,32H,22-24H2,1-4H3,(H,38,42)/t32-/m0/s1. The summed E-state index contributed by atoms with van der Waals surface area (Å²) >= 11 is 6.03. The number of amides is 2. The van der Waals surface area contributed by atoms with Gasteiger partial charge >= 0.3 is 0 Å². The van der Waals surface area contributed by atoms with Crippen LogP contribution in [0.4, 0.5) is 10.1 Å². The van der Waals surface area contributed by atoms with Crippen molar-refractivity contribution in [2.75, 3.05) is 10.8 Å². The fourth-order valence-corrected chi connectivity index (χ4v) is 6.33. The van der Waals surface area contributed by atoms with Crippen LogP contribution in [0.1, 0.15) is 37.5 Å². The van der Waals surface area contributed by atoms with Gasteiger partial charge in [-0.3, -0.25) is 13.9 Å². The van der Waals surface area contributed by atoms with Crippen molar-refractivity contribution in [2.24, 2.45) is 0 Å². The fourth-order valence-electron chi connectivity index (χ4n) is 4.79. The molecule has 4 aromatic rings. The van der Waals surface area contributed by atoms with Crippen LogP contribution in [0.15, 0.2) is 108 Å². The number of carbonyl (C=O) groups excluding carboxylic acids is 2. The molecule has 10 heteroatoms. The Morgan fingerprint density at radius 2 is 1.47 bits per heavy atom. The number of carbonyl (C=O) groups is 2. The minimum Gasteiger partial charge on any atom is -0.350 e. The van der Waals surface area contributed by atoms with Crippen molar-refractivity contribution in [1.29, 1.82) is 0 Å². The molecule has 0 saturated carbocycles. The molecule has 2 amide bonds. The maximum atomic E-state index is 15.0. The first-order chi connectivity index (χ1) is 21.2. The summed E-state index contributed by atoms with van der Waals surface area (Å²) in [4.78, 5) is 29.5. The van der Waals surface area contributed by atoms with Crippen LogP contribution in [-0.4, -0.2) is 43.3 Å². The summed E-state index contributed by atoms with van der Waals surface area (Å²) in [6, 6.07) is 26.5. The molecule has 0 heterocycles. The third-order valence-electron chi connectivity index (χ3n) is 7.07.